The molecule has 1 amide bonds. The Hall–Kier alpha value is -3.29. The standard InChI is InChI=1S/C21H20FN3O4/c1-10-4-7-14(8-16(10)22)23-19(26)12(3)28-21(27)15-9-17(13-5-6-13)24-20-18(15)11(2)25-29-20/h4,7-9,12-13H,5-6H2,1-3H3,(H,23,26). The Labute approximate surface area is 166 Å². The number of carbonyl (C=O) groups is 2. The van der Waals surface area contributed by atoms with Gasteiger partial charge in [0, 0.05) is 17.3 Å². The summed E-state index contributed by atoms with van der Waals surface area (Å²) in [5, 5.41) is 6.91. The number of pyridine rings is 1. The van der Waals surface area contributed by atoms with E-state index in [4.69, 9.17) is 9.26 Å². The zero-order valence-corrected chi connectivity index (χ0v) is 16.3. The number of nitrogens with one attached hydrogen (secondary N) is 1. The van der Waals surface area contributed by atoms with Gasteiger partial charge in [0.2, 0.25) is 0 Å². The minimum atomic E-state index is -1.08. The molecule has 29 heavy (non-hydrogen) atoms. The van der Waals surface area contributed by atoms with Gasteiger partial charge in [-0.25, -0.2) is 14.2 Å². The first-order chi connectivity index (χ1) is 13.8. The fourth-order valence-corrected chi connectivity index (χ4v) is 3.06. The van der Waals surface area contributed by atoms with Gasteiger partial charge in [0.1, 0.15) is 5.82 Å². The van der Waals surface area contributed by atoms with E-state index < -0.39 is 23.8 Å². The zero-order valence-electron chi connectivity index (χ0n) is 16.3. The van der Waals surface area contributed by atoms with Crippen molar-refractivity contribution in [3.8, 4) is 0 Å². The molecule has 7 nitrogen and oxygen atoms in total. The van der Waals surface area contributed by atoms with E-state index in [1.165, 1.54) is 13.0 Å². The van der Waals surface area contributed by atoms with Gasteiger partial charge in [-0.1, -0.05) is 11.2 Å². The van der Waals surface area contributed by atoms with Crippen LogP contribution in [-0.4, -0.2) is 28.1 Å². The molecular formula is C21H20FN3O4. The molecule has 1 fully saturated rings. The lowest BCUT2D eigenvalue weighted by atomic mass is 10.1. The molecule has 150 valence electrons. The number of nitrogens with zero attached hydrogens (tertiary/aromatic N) is 2. The van der Waals surface area contributed by atoms with Gasteiger partial charge in [-0.05, 0) is 57.4 Å². The number of halogens is 1. The molecule has 1 aliphatic rings. The highest BCUT2D eigenvalue weighted by Crippen LogP contribution is 2.40. The third kappa shape index (κ3) is 3.83. The van der Waals surface area contributed by atoms with Crippen molar-refractivity contribution in [3.63, 3.8) is 0 Å². The van der Waals surface area contributed by atoms with Gasteiger partial charge in [-0.15, -0.1) is 0 Å². The number of hydrogen-bond acceptors (Lipinski definition) is 6. The maximum atomic E-state index is 13.7. The largest absolute Gasteiger partial charge is 0.449 e. The van der Waals surface area contributed by atoms with Crippen LogP contribution in [0.5, 0.6) is 0 Å². The van der Waals surface area contributed by atoms with Crippen molar-refractivity contribution in [1.29, 1.82) is 0 Å². The van der Waals surface area contributed by atoms with Crippen molar-refractivity contribution in [3.05, 3.63) is 52.6 Å². The third-order valence-electron chi connectivity index (χ3n) is 4.94. The van der Waals surface area contributed by atoms with E-state index in [0.717, 1.165) is 18.5 Å². The molecule has 0 saturated heterocycles. The smallest absolute Gasteiger partial charge is 0.339 e. The molecule has 0 spiro atoms. The van der Waals surface area contributed by atoms with E-state index in [-0.39, 0.29) is 17.0 Å². The quantitative estimate of drug-likeness (QED) is 0.653. The number of fused-ring (bicyclic) bond motifs is 1. The highest BCUT2D eigenvalue weighted by molar-refractivity contribution is 6.04. The van der Waals surface area contributed by atoms with Crippen LogP contribution in [0.3, 0.4) is 0 Å². The first-order valence-electron chi connectivity index (χ1n) is 9.38. The fraction of sp³-hybridized carbons (Fsp3) is 0.333. The molecule has 2 heterocycles. The van der Waals surface area contributed by atoms with Gasteiger partial charge in [0.05, 0.1) is 16.6 Å². The van der Waals surface area contributed by atoms with Crippen molar-refractivity contribution in [2.45, 2.75) is 45.6 Å². The van der Waals surface area contributed by atoms with Gasteiger partial charge in [0.15, 0.2) is 6.10 Å². The molecule has 1 atom stereocenters. The second kappa shape index (κ2) is 7.27. The summed E-state index contributed by atoms with van der Waals surface area (Å²) in [6, 6.07) is 6.05. The van der Waals surface area contributed by atoms with E-state index >= 15 is 0 Å². The molecule has 1 unspecified atom stereocenters. The number of anilines is 1. The molecule has 1 saturated carbocycles. The second-order valence-electron chi connectivity index (χ2n) is 7.32. The van der Waals surface area contributed by atoms with E-state index in [1.54, 1.807) is 32.0 Å². The molecular weight excluding hydrogens is 377 g/mol. The molecule has 1 aromatic carbocycles. The molecule has 1 N–H and O–H groups in total. The SMILES string of the molecule is Cc1ccc(NC(=O)C(C)OC(=O)c2cc(C3CC3)nc3onc(C)c23)cc1F. The van der Waals surface area contributed by atoms with E-state index in [1.807, 2.05) is 0 Å². The van der Waals surface area contributed by atoms with Crippen LogP contribution in [0.1, 0.15) is 53.0 Å². The summed E-state index contributed by atoms with van der Waals surface area (Å²) >= 11 is 0. The third-order valence-corrected chi connectivity index (χ3v) is 4.94. The van der Waals surface area contributed by atoms with Gasteiger partial charge >= 0.3 is 5.97 Å². The van der Waals surface area contributed by atoms with Gasteiger partial charge in [-0.3, -0.25) is 4.79 Å². The second-order valence-corrected chi connectivity index (χ2v) is 7.32. The van der Waals surface area contributed by atoms with E-state index in [9.17, 15) is 14.0 Å². The van der Waals surface area contributed by atoms with Crippen LogP contribution in [0.4, 0.5) is 10.1 Å². The average molecular weight is 397 g/mol. The van der Waals surface area contributed by atoms with Crippen molar-refractivity contribution in [1.82, 2.24) is 10.1 Å². The van der Waals surface area contributed by atoms with Crippen molar-refractivity contribution >= 4 is 28.7 Å². The number of aromatic nitrogens is 2. The van der Waals surface area contributed by atoms with Crippen LogP contribution in [0, 0.1) is 19.7 Å². The average Bonchev–Trinajstić information content (AvgIpc) is 3.47. The van der Waals surface area contributed by atoms with E-state index in [2.05, 4.69) is 15.5 Å². The molecule has 0 bridgehead atoms. The topological polar surface area (TPSA) is 94.3 Å². The van der Waals surface area contributed by atoms with Crippen LogP contribution < -0.4 is 5.32 Å². The van der Waals surface area contributed by atoms with Crippen LogP contribution in [0.2, 0.25) is 0 Å². The molecule has 0 aliphatic heterocycles. The number of esters is 1. The first kappa shape index (κ1) is 19.0. The lowest BCUT2D eigenvalue weighted by Gasteiger charge is -2.14. The monoisotopic (exact) mass is 397 g/mol. The molecule has 3 aromatic rings. The summed E-state index contributed by atoms with van der Waals surface area (Å²) in [7, 11) is 0. The number of aryl methyl sites for hydroxylation is 2. The molecule has 2 aromatic heterocycles. The Morgan fingerprint density at radius 3 is 2.72 bits per heavy atom. The summed E-state index contributed by atoms with van der Waals surface area (Å²) in [6.45, 7) is 4.80. The number of carbonyl (C=O) groups excluding carboxylic acids is 2. The Morgan fingerprint density at radius 1 is 1.28 bits per heavy atom. The lowest BCUT2D eigenvalue weighted by Crippen LogP contribution is -2.30. The maximum Gasteiger partial charge on any atom is 0.339 e. The van der Waals surface area contributed by atoms with Crippen LogP contribution >= 0.6 is 0 Å². The van der Waals surface area contributed by atoms with Gasteiger partial charge < -0.3 is 14.6 Å². The van der Waals surface area contributed by atoms with Gasteiger partial charge in [-0.2, -0.15) is 0 Å². The number of benzene rings is 1. The summed E-state index contributed by atoms with van der Waals surface area (Å²) in [4.78, 5) is 29.6. The summed E-state index contributed by atoms with van der Waals surface area (Å²) < 4.78 is 24.3. The van der Waals surface area contributed by atoms with Crippen molar-refractivity contribution in [2.75, 3.05) is 5.32 Å². The molecule has 4 rings (SSSR count). The van der Waals surface area contributed by atoms with E-state index in [0.29, 0.717) is 22.6 Å². The fourth-order valence-electron chi connectivity index (χ4n) is 3.06. The minimum Gasteiger partial charge on any atom is -0.449 e. The van der Waals surface area contributed by atoms with Crippen molar-refractivity contribution < 1.29 is 23.2 Å². The van der Waals surface area contributed by atoms with Gasteiger partial charge in [0.25, 0.3) is 11.6 Å². The lowest BCUT2D eigenvalue weighted by molar-refractivity contribution is -0.123. The Morgan fingerprint density at radius 2 is 2.03 bits per heavy atom. The maximum absolute atomic E-state index is 13.7. The molecule has 0 radical (unpaired) electrons. The number of hydrogen-bond donors (Lipinski definition) is 1. The summed E-state index contributed by atoms with van der Waals surface area (Å²) in [6.07, 6.45) is 0.928. The van der Waals surface area contributed by atoms with Crippen LogP contribution in [0.25, 0.3) is 11.1 Å². The number of ether oxygens (including phenoxy) is 1. The van der Waals surface area contributed by atoms with Crippen molar-refractivity contribution in [2.24, 2.45) is 0 Å². The zero-order chi connectivity index (χ0) is 20.7. The first-order valence-corrected chi connectivity index (χ1v) is 9.38. The highest BCUT2D eigenvalue weighted by Gasteiger charge is 2.30. The Balaban J connectivity index is 1.53. The normalized spacial score (nSPS) is 14.6. The highest BCUT2D eigenvalue weighted by atomic mass is 19.1. The summed E-state index contributed by atoms with van der Waals surface area (Å²) in [5.41, 5.74) is 2.60. The predicted octanol–water partition coefficient (Wildman–Crippen LogP) is 4.04. The Kier molecular flexibility index (Phi) is 4.77. The minimum absolute atomic E-state index is 0.275. The predicted molar refractivity (Wildman–Crippen MR) is 103 cm³/mol. The van der Waals surface area contributed by atoms with Crippen LogP contribution in [0.15, 0.2) is 28.8 Å². The molecule has 8 heteroatoms. The number of rotatable bonds is 5. The molecule has 1 aliphatic carbocycles. The Bertz CT molecular complexity index is 1120. The van der Waals surface area contributed by atoms with Crippen LogP contribution in [-0.2, 0) is 9.53 Å². The number of amides is 1. The summed E-state index contributed by atoms with van der Waals surface area (Å²) in [5.74, 6) is -1.35.